The normalized spacial score (nSPS) is 12.2. The number of rotatable bonds is 5. The third kappa shape index (κ3) is 7.54. The summed E-state index contributed by atoms with van der Waals surface area (Å²) in [6, 6.07) is 6.22. The molecule has 0 aromatic heterocycles. The van der Waals surface area contributed by atoms with Crippen LogP contribution in [-0.4, -0.2) is 17.3 Å². The summed E-state index contributed by atoms with van der Waals surface area (Å²) in [6.07, 6.45) is 0.947. The average Bonchev–Trinajstić information content (AvgIpc) is 2.26. The Morgan fingerprint density at radius 2 is 1.68 bits per heavy atom. The molecule has 1 aromatic rings. The van der Waals surface area contributed by atoms with Crippen LogP contribution < -0.4 is 15.4 Å². The zero-order valence-corrected chi connectivity index (χ0v) is 14.5. The van der Waals surface area contributed by atoms with Crippen LogP contribution in [0.1, 0.15) is 41.0 Å². The number of nitrogens with one attached hydrogen (secondary N) is 2. The molecule has 0 aliphatic carbocycles. The van der Waals surface area contributed by atoms with Crippen molar-refractivity contribution in [3.63, 3.8) is 0 Å². The Morgan fingerprint density at radius 3 is 2.14 bits per heavy atom. The molecular formula is C16H24F2N2OS. The highest BCUT2D eigenvalue weighted by Crippen LogP contribution is 2.27. The Morgan fingerprint density at radius 1 is 1.14 bits per heavy atom. The van der Waals surface area contributed by atoms with Gasteiger partial charge in [-0.05, 0) is 62.2 Å². The van der Waals surface area contributed by atoms with Gasteiger partial charge in [0.15, 0.2) is 5.11 Å². The van der Waals surface area contributed by atoms with Crippen molar-refractivity contribution in [1.29, 1.82) is 0 Å². The van der Waals surface area contributed by atoms with E-state index < -0.39 is 6.61 Å². The minimum atomic E-state index is -2.82. The molecule has 0 saturated heterocycles. The fraction of sp³-hybridized carbons (Fsp3) is 0.562. The fourth-order valence-corrected chi connectivity index (χ4v) is 2.95. The minimum Gasteiger partial charge on any atom is -0.435 e. The zero-order chi connectivity index (χ0) is 17.0. The molecule has 0 amide bonds. The quantitative estimate of drug-likeness (QED) is 0.761. The number of ether oxygens (including phenoxy) is 1. The number of anilines is 1. The first kappa shape index (κ1) is 18.6. The van der Waals surface area contributed by atoms with Gasteiger partial charge in [-0.3, -0.25) is 0 Å². The van der Waals surface area contributed by atoms with Crippen molar-refractivity contribution >= 4 is 23.0 Å². The monoisotopic (exact) mass is 330 g/mol. The molecule has 22 heavy (non-hydrogen) atoms. The lowest BCUT2D eigenvalue weighted by molar-refractivity contribution is -0.0498. The summed E-state index contributed by atoms with van der Waals surface area (Å²) in [5.74, 6) is 0.118. The molecule has 0 heterocycles. The van der Waals surface area contributed by atoms with Crippen LogP contribution in [0, 0.1) is 5.41 Å². The van der Waals surface area contributed by atoms with Gasteiger partial charge in [0.1, 0.15) is 5.75 Å². The van der Waals surface area contributed by atoms with Crippen molar-refractivity contribution < 1.29 is 13.5 Å². The van der Waals surface area contributed by atoms with E-state index in [1.54, 1.807) is 12.1 Å². The van der Waals surface area contributed by atoms with Gasteiger partial charge in [0, 0.05) is 11.2 Å². The predicted octanol–water partition coefficient (Wildman–Crippen LogP) is 4.79. The smallest absolute Gasteiger partial charge is 0.387 e. The van der Waals surface area contributed by atoms with Crippen molar-refractivity contribution in [2.24, 2.45) is 5.41 Å². The van der Waals surface area contributed by atoms with Gasteiger partial charge in [-0.25, -0.2) is 0 Å². The van der Waals surface area contributed by atoms with Crippen molar-refractivity contribution in [2.45, 2.75) is 53.2 Å². The van der Waals surface area contributed by atoms with E-state index in [4.69, 9.17) is 12.2 Å². The summed E-state index contributed by atoms with van der Waals surface area (Å²) < 4.78 is 28.5. The van der Waals surface area contributed by atoms with Crippen molar-refractivity contribution in [3.05, 3.63) is 24.3 Å². The third-order valence-electron chi connectivity index (χ3n) is 2.76. The SMILES string of the molecule is CC(C)(C)CC(C)(C)NC(=S)Nc1ccc(OC(F)F)cc1. The second-order valence-electron chi connectivity index (χ2n) is 7.10. The highest BCUT2D eigenvalue weighted by atomic mass is 32.1. The van der Waals surface area contributed by atoms with E-state index in [-0.39, 0.29) is 16.7 Å². The van der Waals surface area contributed by atoms with Crippen LogP contribution in [0.4, 0.5) is 14.5 Å². The van der Waals surface area contributed by atoms with E-state index in [9.17, 15) is 8.78 Å². The molecule has 0 atom stereocenters. The lowest BCUT2D eigenvalue weighted by atomic mass is 9.82. The maximum Gasteiger partial charge on any atom is 0.387 e. The van der Waals surface area contributed by atoms with Gasteiger partial charge in [0.25, 0.3) is 0 Å². The second kappa shape index (κ2) is 7.22. The van der Waals surface area contributed by atoms with Crippen LogP contribution in [0.15, 0.2) is 24.3 Å². The molecule has 0 aliphatic heterocycles. The Bertz CT molecular complexity index is 496. The maximum atomic E-state index is 12.1. The number of halogens is 2. The number of thiocarbonyl (C=S) groups is 1. The summed E-state index contributed by atoms with van der Waals surface area (Å²) in [4.78, 5) is 0. The Labute approximate surface area is 136 Å². The highest BCUT2D eigenvalue weighted by molar-refractivity contribution is 7.80. The lowest BCUT2D eigenvalue weighted by Gasteiger charge is -2.34. The summed E-state index contributed by atoms with van der Waals surface area (Å²) in [5, 5.41) is 6.82. The second-order valence-corrected chi connectivity index (χ2v) is 7.51. The van der Waals surface area contributed by atoms with E-state index >= 15 is 0 Å². The zero-order valence-electron chi connectivity index (χ0n) is 13.7. The Hall–Kier alpha value is -1.43. The van der Waals surface area contributed by atoms with E-state index in [0.717, 1.165) is 6.42 Å². The third-order valence-corrected chi connectivity index (χ3v) is 2.97. The van der Waals surface area contributed by atoms with Crippen LogP contribution in [0.25, 0.3) is 0 Å². The van der Waals surface area contributed by atoms with Gasteiger partial charge in [-0.15, -0.1) is 0 Å². The predicted molar refractivity (Wildman–Crippen MR) is 90.6 cm³/mol. The maximum absolute atomic E-state index is 12.1. The van der Waals surface area contributed by atoms with Gasteiger partial charge in [0.05, 0.1) is 0 Å². The molecule has 3 nitrogen and oxygen atoms in total. The van der Waals surface area contributed by atoms with Crippen molar-refractivity contribution in [1.82, 2.24) is 5.32 Å². The first-order chi connectivity index (χ1) is 9.97. The number of benzene rings is 1. The standard InChI is InChI=1S/C16H24F2N2OS/c1-15(2,3)10-16(4,5)20-14(22)19-11-6-8-12(9-7-11)21-13(17)18/h6-9,13H,10H2,1-5H3,(H2,19,20,22). The molecule has 2 N–H and O–H groups in total. The molecule has 1 aromatic carbocycles. The number of alkyl halides is 2. The summed E-state index contributed by atoms with van der Waals surface area (Å²) in [6.45, 7) is 7.88. The fourth-order valence-electron chi connectivity index (χ4n) is 2.56. The molecule has 6 heteroatoms. The molecule has 0 bridgehead atoms. The molecule has 124 valence electrons. The first-order valence-corrected chi connectivity index (χ1v) is 7.52. The minimum absolute atomic E-state index is 0.118. The molecule has 0 unspecified atom stereocenters. The molecule has 0 aliphatic rings. The number of hydrogen-bond acceptors (Lipinski definition) is 2. The number of hydrogen-bond donors (Lipinski definition) is 2. The van der Waals surface area contributed by atoms with Crippen LogP contribution in [0.2, 0.25) is 0 Å². The molecule has 0 saturated carbocycles. The van der Waals surface area contributed by atoms with Crippen molar-refractivity contribution in [2.75, 3.05) is 5.32 Å². The van der Waals surface area contributed by atoms with Gasteiger partial charge in [-0.2, -0.15) is 8.78 Å². The van der Waals surface area contributed by atoms with Crippen molar-refractivity contribution in [3.8, 4) is 5.75 Å². The largest absolute Gasteiger partial charge is 0.435 e. The molecule has 1 rings (SSSR count). The highest BCUT2D eigenvalue weighted by Gasteiger charge is 2.25. The van der Waals surface area contributed by atoms with E-state index in [0.29, 0.717) is 10.8 Å². The van der Waals surface area contributed by atoms with Gasteiger partial charge in [0.2, 0.25) is 0 Å². The first-order valence-electron chi connectivity index (χ1n) is 7.11. The van der Waals surface area contributed by atoms with Crippen LogP contribution in [0.3, 0.4) is 0 Å². The van der Waals surface area contributed by atoms with Gasteiger partial charge >= 0.3 is 6.61 Å². The van der Waals surface area contributed by atoms with Gasteiger partial charge in [-0.1, -0.05) is 20.8 Å². The summed E-state index contributed by atoms with van der Waals surface area (Å²) in [5.41, 5.74) is 0.743. The molecule has 0 radical (unpaired) electrons. The Kier molecular flexibility index (Phi) is 6.11. The topological polar surface area (TPSA) is 33.3 Å². The van der Waals surface area contributed by atoms with Crippen LogP contribution in [-0.2, 0) is 0 Å². The molecule has 0 fully saturated rings. The van der Waals surface area contributed by atoms with Crippen LogP contribution in [0.5, 0.6) is 5.75 Å². The van der Waals surface area contributed by atoms with E-state index in [1.165, 1.54) is 12.1 Å². The summed E-state index contributed by atoms with van der Waals surface area (Å²) in [7, 11) is 0. The molecular weight excluding hydrogens is 306 g/mol. The summed E-state index contributed by atoms with van der Waals surface area (Å²) >= 11 is 5.30. The van der Waals surface area contributed by atoms with E-state index in [2.05, 4.69) is 50.0 Å². The molecule has 0 spiro atoms. The Balaban J connectivity index is 2.58. The average molecular weight is 330 g/mol. The lowest BCUT2D eigenvalue weighted by Crippen LogP contribution is -2.47. The van der Waals surface area contributed by atoms with Gasteiger partial charge < -0.3 is 15.4 Å². The van der Waals surface area contributed by atoms with Crippen LogP contribution >= 0.6 is 12.2 Å². The van der Waals surface area contributed by atoms with E-state index in [1.807, 2.05) is 0 Å².